The first kappa shape index (κ1) is 14.4. The van der Waals surface area contributed by atoms with Crippen molar-refractivity contribution >= 4 is 5.91 Å². The van der Waals surface area contributed by atoms with Crippen molar-refractivity contribution in [1.82, 2.24) is 10.2 Å². The predicted octanol–water partition coefficient (Wildman–Crippen LogP) is 2.97. The Morgan fingerprint density at radius 3 is 2.71 bits per heavy atom. The van der Waals surface area contributed by atoms with Gasteiger partial charge in [0.25, 0.3) is 0 Å². The van der Waals surface area contributed by atoms with Gasteiger partial charge in [0.1, 0.15) is 17.8 Å². The van der Waals surface area contributed by atoms with E-state index in [9.17, 15) is 13.6 Å². The topological polar surface area (TPSA) is 32.3 Å². The molecule has 1 saturated heterocycles. The van der Waals surface area contributed by atoms with Crippen molar-refractivity contribution in [2.75, 3.05) is 6.54 Å². The smallest absolute Gasteiger partial charge is 0.238 e. The van der Waals surface area contributed by atoms with Gasteiger partial charge in [0, 0.05) is 17.7 Å². The van der Waals surface area contributed by atoms with E-state index in [0.29, 0.717) is 5.56 Å². The molecule has 1 heterocycles. The van der Waals surface area contributed by atoms with Gasteiger partial charge in [-0.1, -0.05) is 20.3 Å². The fourth-order valence-electron chi connectivity index (χ4n) is 3.68. The zero-order valence-electron chi connectivity index (χ0n) is 12.3. The maximum atomic E-state index is 14.1. The van der Waals surface area contributed by atoms with Crippen molar-refractivity contribution in [3.05, 3.63) is 35.4 Å². The van der Waals surface area contributed by atoms with E-state index in [2.05, 4.69) is 19.2 Å². The van der Waals surface area contributed by atoms with E-state index in [1.807, 2.05) is 0 Å². The van der Waals surface area contributed by atoms with Crippen LogP contribution in [0.15, 0.2) is 18.2 Å². The monoisotopic (exact) mass is 294 g/mol. The molecule has 3 rings (SSSR count). The minimum atomic E-state index is -0.608. The number of benzene rings is 1. The molecule has 1 aromatic carbocycles. The summed E-state index contributed by atoms with van der Waals surface area (Å²) in [7, 11) is 0. The summed E-state index contributed by atoms with van der Waals surface area (Å²) >= 11 is 0. The van der Waals surface area contributed by atoms with Crippen molar-refractivity contribution in [2.24, 2.45) is 5.41 Å². The highest BCUT2D eigenvalue weighted by molar-refractivity contribution is 5.81. The van der Waals surface area contributed by atoms with Crippen molar-refractivity contribution in [1.29, 1.82) is 0 Å². The minimum Gasteiger partial charge on any atom is -0.318 e. The second-order valence-corrected chi connectivity index (χ2v) is 6.65. The molecule has 3 nitrogen and oxygen atoms in total. The van der Waals surface area contributed by atoms with Crippen LogP contribution < -0.4 is 5.32 Å². The Kier molecular flexibility index (Phi) is 3.48. The summed E-state index contributed by atoms with van der Waals surface area (Å²) in [5.41, 5.74) is 0.362. The van der Waals surface area contributed by atoms with E-state index in [1.165, 1.54) is 12.1 Å². The number of nitrogens with zero attached hydrogens (tertiary/aromatic N) is 1. The average Bonchev–Trinajstić information content (AvgIpc) is 2.92. The summed E-state index contributed by atoms with van der Waals surface area (Å²) < 4.78 is 27.2. The van der Waals surface area contributed by atoms with E-state index in [0.717, 1.165) is 25.3 Å². The first-order valence-electron chi connectivity index (χ1n) is 7.40. The van der Waals surface area contributed by atoms with Crippen molar-refractivity contribution in [3.8, 4) is 0 Å². The third kappa shape index (κ3) is 2.44. The fraction of sp³-hybridized carbons (Fsp3) is 0.562. The summed E-state index contributed by atoms with van der Waals surface area (Å²) in [5, 5.41) is 3.06. The number of hydrogen-bond acceptors (Lipinski definition) is 2. The van der Waals surface area contributed by atoms with Crippen molar-refractivity contribution in [3.63, 3.8) is 0 Å². The van der Waals surface area contributed by atoms with Crippen LogP contribution in [0.1, 0.15) is 44.8 Å². The second-order valence-electron chi connectivity index (χ2n) is 6.65. The molecule has 2 fully saturated rings. The maximum absolute atomic E-state index is 14.1. The third-order valence-corrected chi connectivity index (χ3v) is 4.81. The van der Waals surface area contributed by atoms with Crippen molar-refractivity contribution < 1.29 is 13.6 Å². The number of halogens is 2. The quantitative estimate of drug-likeness (QED) is 0.909. The highest BCUT2D eigenvalue weighted by Crippen LogP contribution is 2.44. The lowest BCUT2D eigenvalue weighted by Gasteiger charge is -2.38. The van der Waals surface area contributed by atoms with Crippen LogP contribution in [-0.2, 0) is 4.79 Å². The standard InChI is InChI=1S/C16H20F2N2O/c1-16(2)7-3-4-13(16)20-14(21)9-19-15(20)11-6-5-10(17)8-12(11)18/h5-6,8,13,15,19H,3-4,7,9H2,1-2H3. The lowest BCUT2D eigenvalue weighted by Crippen LogP contribution is -2.45. The first-order chi connectivity index (χ1) is 9.90. The molecule has 1 N–H and O–H groups in total. The number of carbonyl (C=O) groups is 1. The molecule has 21 heavy (non-hydrogen) atoms. The second kappa shape index (κ2) is 5.05. The Bertz CT molecular complexity index is 573. The Morgan fingerprint density at radius 1 is 1.33 bits per heavy atom. The molecule has 1 aromatic rings. The molecule has 1 aliphatic carbocycles. The van der Waals surface area contributed by atoms with Gasteiger partial charge >= 0.3 is 0 Å². The van der Waals surface area contributed by atoms with Gasteiger partial charge in [-0.3, -0.25) is 10.1 Å². The SMILES string of the molecule is CC1(C)CCCC1N1C(=O)CNC1c1ccc(F)cc1F. The van der Waals surface area contributed by atoms with Crippen LogP contribution in [0, 0.1) is 17.0 Å². The van der Waals surface area contributed by atoms with E-state index >= 15 is 0 Å². The van der Waals surface area contributed by atoms with Gasteiger partial charge < -0.3 is 4.90 Å². The van der Waals surface area contributed by atoms with Gasteiger partial charge in [0.05, 0.1) is 6.54 Å². The molecule has 2 unspecified atom stereocenters. The zero-order valence-corrected chi connectivity index (χ0v) is 12.3. The summed E-state index contributed by atoms with van der Waals surface area (Å²) in [5.74, 6) is -1.22. The molecule has 5 heteroatoms. The highest BCUT2D eigenvalue weighted by Gasteiger charge is 2.46. The van der Waals surface area contributed by atoms with Gasteiger partial charge in [0.15, 0.2) is 0 Å². The predicted molar refractivity (Wildman–Crippen MR) is 75.4 cm³/mol. The van der Waals surface area contributed by atoms with Crippen molar-refractivity contribution in [2.45, 2.75) is 45.3 Å². The Hall–Kier alpha value is -1.49. The van der Waals surface area contributed by atoms with E-state index < -0.39 is 17.8 Å². The molecule has 0 spiro atoms. The third-order valence-electron chi connectivity index (χ3n) is 4.81. The van der Waals surface area contributed by atoms with E-state index in [-0.39, 0.29) is 23.9 Å². The summed E-state index contributed by atoms with van der Waals surface area (Å²) in [6.07, 6.45) is 2.56. The fourth-order valence-corrected chi connectivity index (χ4v) is 3.68. The van der Waals surface area contributed by atoms with Gasteiger partial charge in [-0.2, -0.15) is 0 Å². The Morgan fingerprint density at radius 2 is 2.10 bits per heavy atom. The number of amides is 1. The molecule has 1 amide bonds. The molecular weight excluding hydrogens is 274 g/mol. The van der Waals surface area contributed by atoms with Crippen LogP contribution in [0.4, 0.5) is 8.78 Å². The van der Waals surface area contributed by atoms with Gasteiger partial charge in [-0.25, -0.2) is 8.78 Å². The summed E-state index contributed by atoms with van der Waals surface area (Å²) in [4.78, 5) is 14.0. The van der Waals surface area contributed by atoms with Gasteiger partial charge in [0.2, 0.25) is 5.91 Å². The molecule has 2 aliphatic rings. The molecule has 2 atom stereocenters. The number of hydrogen-bond donors (Lipinski definition) is 1. The van der Waals surface area contributed by atoms with E-state index in [4.69, 9.17) is 0 Å². The molecule has 1 aliphatic heterocycles. The van der Waals surface area contributed by atoms with Crippen LogP contribution >= 0.6 is 0 Å². The lowest BCUT2D eigenvalue weighted by molar-refractivity contribution is -0.132. The van der Waals surface area contributed by atoms with Crippen LogP contribution in [0.2, 0.25) is 0 Å². The van der Waals surface area contributed by atoms with Crippen LogP contribution in [0.3, 0.4) is 0 Å². The van der Waals surface area contributed by atoms with Crippen LogP contribution in [0.5, 0.6) is 0 Å². The molecule has 0 aromatic heterocycles. The molecule has 1 saturated carbocycles. The Balaban J connectivity index is 1.96. The summed E-state index contributed by atoms with van der Waals surface area (Å²) in [6.45, 7) is 4.50. The van der Waals surface area contributed by atoms with Crippen LogP contribution in [0.25, 0.3) is 0 Å². The molecule has 0 radical (unpaired) electrons. The average molecular weight is 294 g/mol. The first-order valence-corrected chi connectivity index (χ1v) is 7.40. The van der Waals surface area contributed by atoms with Gasteiger partial charge in [-0.15, -0.1) is 0 Å². The Labute approximate surface area is 123 Å². The van der Waals surface area contributed by atoms with E-state index in [1.54, 1.807) is 4.90 Å². The highest BCUT2D eigenvalue weighted by atomic mass is 19.1. The molecule has 114 valence electrons. The maximum Gasteiger partial charge on any atom is 0.238 e. The normalized spacial score (nSPS) is 28.4. The molecular formula is C16H20F2N2O. The molecule has 0 bridgehead atoms. The number of nitrogens with one attached hydrogen (secondary N) is 1. The minimum absolute atomic E-state index is 0.0105. The van der Waals surface area contributed by atoms with Crippen LogP contribution in [-0.4, -0.2) is 23.4 Å². The largest absolute Gasteiger partial charge is 0.318 e. The lowest BCUT2D eigenvalue weighted by atomic mass is 9.86. The number of rotatable bonds is 2. The summed E-state index contributed by atoms with van der Waals surface area (Å²) in [6, 6.07) is 3.63. The zero-order chi connectivity index (χ0) is 15.2. The number of carbonyl (C=O) groups excluding carboxylic acids is 1. The van der Waals surface area contributed by atoms with Gasteiger partial charge in [-0.05, 0) is 30.4 Å².